The third-order valence-corrected chi connectivity index (χ3v) is 9.54. The molecule has 0 saturated heterocycles. The maximum atomic E-state index is 12.7. The summed E-state index contributed by atoms with van der Waals surface area (Å²) >= 11 is 0. The quantitative estimate of drug-likeness (QED) is 0.0267. The Hall–Kier alpha value is -2.89. The molecule has 0 spiro atoms. The standard InChI is InChI=1S/C49H84O6/c1-4-7-10-13-15-17-19-21-22-23-24-25-26-28-29-31-33-36-39-42-48(51)54-45-46(44-53-47(50)41-38-35-12-9-6-3)55-49(52)43-40-37-34-32-30-27-20-18-16-14-11-8-5-2/h7,10,15,17,21-22,24-25,28-29,46H,4-6,8-9,11-14,16,18-20,23,26-27,30-45H2,1-3H3/b10-7-,17-15-,22-21-,25-24-,29-28-. The minimum atomic E-state index is -0.780. The predicted molar refractivity (Wildman–Crippen MR) is 233 cm³/mol. The zero-order chi connectivity index (χ0) is 40.1. The Labute approximate surface area is 339 Å². The Morgan fingerprint density at radius 1 is 0.382 bits per heavy atom. The van der Waals surface area contributed by atoms with Crippen molar-refractivity contribution in [2.24, 2.45) is 0 Å². The van der Waals surface area contributed by atoms with E-state index in [9.17, 15) is 14.4 Å². The lowest BCUT2D eigenvalue weighted by Crippen LogP contribution is -2.30. The third kappa shape index (κ3) is 42.1. The van der Waals surface area contributed by atoms with E-state index in [0.717, 1.165) is 103 Å². The van der Waals surface area contributed by atoms with Crippen LogP contribution in [0.15, 0.2) is 60.8 Å². The fourth-order valence-corrected chi connectivity index (χ4v) is 6.11. The molecule has 1 unspecified atom stereocenters. The molecule has 0 aliphatic rings. The summed E-state index contributed by atoms with van der Waals surface area (Å²) in [5, 5.41) is 0. The molecular formula is C49H84O6. The summed E-state index contributed by atoms with van der Waals surface area (Å²) < 4.78 is 16.6. The van der Waals surface area contributed by atoms with Crippen molar-refractivity contribution >= 4 is 17.9 Å². The molecule has 6 nitrogen and oxygen atoms in total. The molecular weight excluding hydrogens is 685 g/mol. The number of hydrogen-bond acceptors (Lipinski definition) is 6. The monoisotopic (exact) mass is 769 g/mol. The fraction of sp³-hybridized carbons (Fsp3) is 0.735. The zero-order valence-corrected chi connectivity index (χ0v) is 35.9. The van der Waals surface area contributed by atoms with Gasteiger partial charge in [-0.15, -0.1) is 0 Å². The normalized spacial score (nSPS) is 12.6. The van der Waals surface area contributed by atoms with E-state index >= 15 is 0 Å². The SMILES string of the molecule is CC/C=C\C/C=C\C/C=C\C/C=C\C/C=C\CCCCCC(=O)OCC(COC(=O)CCCCCCC)OC(=O)CCCCCCCCCCCCCCC. The molecule has 316 valence electrons. The zero-order valence-electron chi connectivity index (χ0n) is 35.9. The number of allylic oxidation sites excluding steroid dienone is 10. The minimum absolute atomic E-state index is 0.0847. The second-order valence-corrected chi connectivity index (χ2v) is 14.9. The average molecular weight is 769 g/mol. The topological polar surface area (TPSA) is 78.9 Å². The number of hydrogen-bond donors (Lipinski definition) is 0. The van der Waals surface area contributed by atoms with E-state index < -0.39 is 6.10 Å². The van der Waals surface area contributed by atoms with Gasteiger partial charge in [-0.2, -0.15) is 0 Å². The molecule has 0 saturated carbocycles. The smallest absolute Gasteiger partial charge is 0.306 e. The molecule has 0 aromatic heterocycles. The molecule has 0 aliphatic carbocycles. The van der Waals surface area contributed by atoms with Crippen molar-refractivity contribution in [3.05, 3.63) is 60.8 Å². The van der Waals surface area contributed by atoms with Crippen molar-refractivity contribution in [1.29, 1.82) is 0 Å². The van der Waals surface area contributed by atoms with Crippen molar-refractivity contribution in [2.75, 3.05) is 13.2 Å². The lowest BCUT2D eigenvalue weighted by atomic mass is 10.0. The number of carbonyl (C=O) groups is 3. The van der Waals surface area contributed by atoms with Crippen molar-refractivity contribution in [1.82, 2.24) is 0 Å². The van der Waals surface area contributed by atoms with Crippen LogP contribution in [0.5, 0.6) is 0 Å². The second-order valence-electron chi connectivity index (χ2n) is 14.9. The predicted octanol–water partition coefficient (Wildman–Crippen LogP) is 14.5. The van der Waals surface area contributed by atoms with Crippen molar-refractivity contribution in [3.8, 4) is 0 Å². The Morgan fingerprint density at radius 2 is 0.709 bits per heavy atom. The van der Waals surface area contributed by atoms with Gasteiger partial charge < -0.3 is 14.2 Å². The van der Waals surface area contributed by atoms with Gasteiger partial charge in [0.05, 0.1) is 0 Å². The van der Waals surface area contributed by atoms with Gasteiger partial charge in [0.25, 0.3) is 0 Å². The Kier molecular flexibility index (Phi) is 41.5. The summed E-state index contributed by atoms with van der Waals surface area (Å²) in [7, 11) is 0. The highest BCUT2D eigenvalue weighted by Gasteiger charge is 2.19. The molecule has 1 atom stereocenters. The first kappa shape index (κ1) is 52.1. The first-order chi connectivity index (χ1) is 27.0. The van der Waals surface area contributed by atoms with Crippen LogP contribution < -0.4 is 0 Å². The second kappa shape index (κ2) is 43.8. The van der Waals surface area contributed by atoms with E-state index in [-0.39, 0.29) is 31.1 Å². The summed E-state index contributed by atoms with van der Waals surface area (Å²) in [5.41, 5.74) is 0. The summed E-state index contributed by atoms with van der Waals surface area (Å²) in [6, 6.07) is 0. The molecule has 0 radical (unpaired) electrons. The van der Waals surface area contributed by atoms with Crippen LogP contribution in [-0.2, 0) is 28.6 Å². The average Bonchev–Trinajstić information content (AvgIpc) is 3.18. The lowest BCUT2D eigenvalue weighted by Gasteiger charge is -2.18. The van der Waals surface area contributed by atoms with E-state index in [2.05, 4.69) is 81.5 Å². The van der Waals surface area contributed by atoms with Crippen LogP contribution in [0.2, 0.25) is 0 Å². The number of carbonyl (C=O) groups excluding carboxylic acids is 3. The van der Waals surface area contributed by atoms with Crippen LogP contribution in [0.1, 0.15) is 213 Å². The lowest BCUT2D eigenvalue weighted by molar-refractivity contribution is -0.167. The van der Waals surface area contributed by atoms with E-state index in [1.807, 2.05) is 0 Å². The Morgan fingerprint density at radius 3 is 1.11 bits per heavy atom. The molecule has 0 aromatic carbocycles. The van der Waals surface area contributed by atoms with Gasteiger partial charge in [-0.25, -0.2) is 0 Å². The van der Waals surface area contributed by atoms with Gasteiger partial charge in [-0.3, -0.25) is 14.4 Å². The maximum absolute atomic E-state index is 12.7. The van der Waals surface area contributed by atoms with E-state index in [1.54, 1.807) is 0 Å². The molecule has 0 amide bonds. The van der Waals surface area contributed by atoms with Crippen LogP contribution in [-0.4, -0.2) is 37.2 Å². The van der Waals surface area contributed by atoms with Gasteiger partial charge in [0.2, 0.25) is 0 Å². The van der Waals surface area contributed by atoms with Crippen LogP contribution in [0.3, 0.4) is 0 Å². The summed E-state index contributed by atoms with van der Waals surface area (Å²) in [4.78, 5) is 37.5. The van der Waals surface area contributed by atoms with Crippen molar-refractivity contribution in [3.63, 3.8) is 0 Å². The highest BCUT2D eigenvalue weighted by Crippen LogP contribution is 2.14. The van der Waals surface area contributed by atoms with E-state index in [0.29, 0.717) is 19.3 Å². The van der Waals surface area contributed by atoms with Gasteiger partial charge in [0.15, 0.2) is 6.10 Å². The van der Waals surface area contributed by atoms with E-state index in [4.69, 9.17) is 14.2 Å². The van der Waals surface area contributed by atoms with Gasteiger partial charge in [0.1, 0.15) is 13.2 Å². The molecule has 0 fully saturated rings. The van der Waals surface area contributed by atoms with Crippen LogP contribution in [0.4, 0.5) is 0 Å². The number of ether oxygens (including phenoxy) is 3. The Balaban J connectivity index is 4.28. The Bertz CT molecular complexity index is 1020. The van der Waals surface area contributed by atoms with Crippen LogP contribution >= 0.6 is 0 Å². The summed E-state index contributed by atoms with van der Waals surface area (Å²) in [6.45, 7) is 6.40. The fourth-order valence-electron chi connectivity index (χ4n) is 6.11. The molecule has 0 rings (SSSR count). The van der Waals surface area contributed by atoms with Gasteiger partial charge in [0, 0.05) is 19.3 Å². The molecule has 0 aliphatic heterocycles. The maximum Gasteiger partial charge on any atom is 0.306 e. The first-order valence-corrected chi connectivity index (χ1v) is 22.8. The molecule has 6 heteroatoms. The van der Waals surface area contributed by atoms with E-state index in [1.165, 1.54) is 70.6 Å². The largest absolute Gasteiger partial charge is 0.462 e. The summed E-state index contributed by atoms with van der Waals surface area (Å²) in [6.07, 6.45) is 52.3. The molecule has 0 N–H and O–H groups in total. The van der Waals surface area contributed by atoms with Gasteiger partial charge in [-0.1, -0.05) is 191 Å². The van der Waals surface area contributed by atoms with Crippen LogP contribution in [0, 0.1) is 0 Å². The minimum Gasteiger partial charge on any atom is -0.462 e. The number of unbranched alkanes of at least 4 members (excludes halogenated alkanes) is 19. The summed E-state index contributed by atoms with van der Waals surface area (Å²) in [5.74, 6) is -0.933. The number of esters is 3. The van der Waals surface area contributed by atoms with Crippen molar-refractivity contribution < 1.29 is 28.6 Å². The molecule has 0 aromatic rings. The van der Waals surface area contributed by atoms with Crippen LogP contribution in [0.25, 0.3) is 0 Å². The number of rotatable bonds is 40. The third-order valence-electron chi connectivity index (χ3n) is 9.54. The highest BCUT2D eigenvalue weighted by molar-refractivity contribution is 5.71. The van der Waals surface area contributed by atoms with Crippen molar-refractivity contribution in [2.45, 2.75) is 219 Å². The highest BCUT2D eigenvalue weighted by atomic mass is 16.6. The first-order valence-electron chi connectivity index (χ1n) is 22.8. The molecule has 0 bridgehead atoms. The molecule has 55 heavy (non-hydrogen) atoms. The van der Waals surface area contributed by atoms with Gasteiger partial charge in [-0.05, 0) is 64.2 Å². The molecule has 0 heterocycles. The van der Waals surface area contributed by atoms with Gasteiger partial charge >= 0.3 is 17.9 Å².